The molecule has 0 fully saturated rings. The average molecular weight is 420 g/mol. The van der Waals surface area contributed by atoms with Crippen LogP contribution in [0.4, 0.5) is 5.69 Å². The van der Waals surface area contributed by atoms with Crippen LogP contribution >= 0.6 is 0 Å². The molecule has 0 aliphatic heterocycles. The van der Waals surface area contributed by atoms with Gasteiger partial charge in [0.05, 0.1) is 16.4 Å². The highest BCUT2D eigenvalue weighted by atomic mass is 32.2. The minimum atomic E-state index is -4.10. The second-order valence-electron chi connectivity index (χ2n) is 6.17. The molecule has 2 rings (SSSR count). The fourth-order valence-electron chi connectivity index (χ4n) is 2.48. The molecule has 0 unspecified atom stereocenters. The highest BCUT2D eigenvalue weighted by Crippen LogP contribution is 2.17. The van der Waals surface area contributed by atoms with Gasteiger partial charge in [0.15, 0.2) is 5.78 Å². The van der Waals surface area contributed by atoms with E-state index in [-0.39, 0.29) is 22.8 Å². The number of nitro benzene ring substituents is 1. The van der Waals surface area contributed by atoms with Gasteiger partial charge in [-0.1, -0.05) is 29.8 Å². The minimum Gasteiger partial charge on any atom is -0.465 e. The number of carbonyl (C=O) groups excluding carboxylic acids is 2. The fourth-order valence-corrected chi connectivity index (χ4v) is 3.67. The number of nitrogens with one attached hydrogen (secondary N) is 1. The largest absolute Gasteiger partial charge is 0.465 e. The molecule has 0 aliphatic rings. The minimum absolute atomic E-state index is 0.00735. The summed E-state index contributed by atoms with van der Waals surface area (Å²) in [4.78, 5) is 34.9. The number of non-ortho nitro benzene ring substituents is 1. The van der Waals surface area contributed by atoms with Crippen LogP contribution in [0.5, 0.6) is 0 Å². The van der Waals surface area contributed by atoms with Crippen LogP contribution in [0.3, 0.4) is 0 Å². The van der Waals surface area contributed by atoms with Crippen LogP contribution in [0.2, 0.25) is 0 Å². The first-order valence-electron chi connectivity index (χ1n) is 8.67. The smallest absolute Gasteiger partial charge is 0.324 e. The average Bonchev–Trinajstić information content (AvgIpc) is 2.67. The third kappa shape index (κ3) is 5.93. The highest BCUT2D eigenvalue weighted by molar-refractivity contribution is 7.89. The van der Waals surface area contributed by atoms with Gasteiger partial charge in [-0.3, -0.25) is 19.7 Å². The Morgan fingerprint density at radius 2 is 1.83 bits per heavy atom. The number of Topliss-reactive ketones (excluding diaryl/α,β-unsaturated/α-hetero) is 1. The molecule has 1 N–H and O–H groups in total. The zero-order valence-corrected chi connectivity index (χ0v) is 16.6. The molecule has 0 amide bonds. The van der Waals surface area contributed by atoms with Gasteiger partial charge in [-0.05, 0) is 26.0 Å². The second kappa shape index (κ2) is 9.39. The number of nitrogens with zero attached hydrogens (tertiary/aromatic N) is 1. The number of benzene rings is 2. The number of hydrogen-bond acceptors (Lipinski definition) is 7. The van der Waals surface area contributed by atoms with E-state index >= 15 is 0 Å². The van der Waals surface area contributed by atoms with E-state index in [1.54, 1.807) is 26.0 Å². The van der Waals surface area contributed by atoms with Crippen molar-refractivity contribution in [2.24, 2.45) is 0 Å². The molecule has 2 aromatic rings. The van der Waals surface area contributed by atoms with Crippen molar-refractivity contribution in [3.8, 4) is 0 Å². The van der Waals surface area contributed by atoms with E-state index in [1.807, 2.05) is 0 Å². The Morgan fingerprint density at radius 3 is 2.41 bits per heavy atom. The van der Waals surface area contributed by atoms with Crippen LogP contribution in [0, 0.1) is 17.0 Å². The zero-order chi connectivity index (χ0) is 21.6. The van der Waals surface area contributed by atoms with Crippen molar-refractivity contribution in [2.45, 2.75) is 31.2 Å². The van der Waals surface area contributed by atoms with Crippen molar-refractivity contribution in [1.82, 2.24) is 4.72 Å². The van der Waals surface area contributed by atoms with Crippen LogP contribution in [-0.2, 0) is 19.6 Å². The molecule has 10 heteroatoms. The summed E-state index contributed by atoms with van der Waals surface area (Å²) in [5.41, 5.74) is 0.554. The Bertz CT molecular complexity index is 1020. The fraction of sp³-hybridized carbons (Fsp3) is 0.263. The van der Waals surface area contributed by atoms with Gasteiger partial charge in [-0.25, -0.2) is 8.42 Å². The highest BCUT2D eigenvalue weighted by Gasteiger charge is 2.29. The third-order valence-corrected chi connectivity index (χ3v) is 5.46. The maximum Gasteiger partial charge on any atom is 0.324 e. The molecule has 0 spiro atoms. The summed E-state index contributed by atoms with van der Waals surface area (Å²) in [6, 6.07) is 9.45. The van der Waals surface area contributed by atoms with E-state index in [4.69, 9.17) is 4.74 Å². The van der Waals surface area contributed by atoms with E-state index in [1.165, 1.54) is 30.3 Å². The van der Waals surface area contributed by atoms with Crippen molar-refractivity contribution in [3.63, 3.8) is 0 Å². The van der Waals surface area contributed by atoms with Gasteiger partial charge in [0.1, 0.15) is 6.04 Å². The van der Waals surface area contributed by atoms with Crippen LogP contribution in [0.25, 0.3) is 0 Å². The Hall–Kier alpha value is -3.11. The first-order chi connectivity index (χ1) is 13.6. The molecule has 154 valence electrons. The molecular weight excluding hydrogens is 400 g/mol. The standard InChI is InChI=1S/C19H20N2O7S/c1-3-28-19(23)17(20-29(26,27)16-9-7-13(2)8-10-16)12-18(22)14-5-4-6-15(11-14)21(24)25/h4-11,17,20H,3,12H2,1-2H3/t17-/m0/s1. The molecule has 0 bridgehead atoms. The van der Waals surface area contributed by atoms with E-state index in [2.05, 4.69) is 4.72 Å². The maximum atomic E-state index is 12.6. The number of aryl methyl sites for hydroxylation is 1. The van der Waals surface area contributed by atoms with Crippen molar-refractivity contribution in [1.29, 1.82) is 0 Å². The van der Waals surface area contributed by atoms with Gasteiger partial charge in [0.2, 0.25) is 10.0 Å². The number of sulfonamides is 1. The lowest BCUT2D eigenvalue weighted by Crippen LogP contribution is -2.43. The Morgan fingerprint density at radius 1 is 1.17 bits per heavy atom. The van der Waals surface area contributed by atoms with Gasteiger partial charge in [-0.2, -0.15) is 4.72 Å². The second-order valence-corrected chi connectivity index (χ2v) is 7.89. The topological polar surface area (TPSA) is 133 Å². The number of ketones is 1. The number of nitro groups is 1. The molecule has 0 heterocycles. The van der Waals surface area contributed by atoms with Crippen molar-refractivity contribution >= 4 is 27.5 Å². The number of hydrogen-bond donors (Lipinski definition) is 1. The lowest BCUT2D eigenvalue weighted by molar-refractivity contribution is -0.384. The van der Waals surface area contributed by atoms with Crippen molar-refractivity contribution in [3.05, 3.63) is 69.8 Å². The van der Waals surface area contributed by atoms with Gasteiger partial charge >= 0.3 is 5.97 Å². The van der Waals surface area contributed by atoms with Crippen LogP contribution in [-0.4, -0.2) is 37.7 Å². The molecule has 2 aromatic carbocycles. The van der Waals surface area contributed by atoms with Crippen molar-refractivity contribution in [2.75, 3.05) is 6.61 Å². The molecule has 0 radical (unpaired) electrons. The summed E-state index contributed by atoms with van der Waals surface area (Å²) in [6.07, 6.45) is -0.551. The Labute approximate surface area is 167 Å². The summed E-state index contributed by atoms with van der Waals surface area (Å²) >= 11 is 0. The molecule has 29 heavy (non-hydrogen) atoms. The monoisotopic (exact) mass is 420 g/mol. The Kier molecular flexibility index (Phi) is 7.18. The van der Waals surface area contributed by atoms with E-state index in [0.717, 1.165) is 11.6 Å². The third-order valence-electron chi connectivity index (χ3n) is 3.97. The summed E-state index contributed by atoms with van der Waals surface area (Å²) in [6.45, 7) is 3.33. The Balaban J connectivity index is 2.27. The normalized spacial score (nSPS) is 12.2. The number of rotatable bonds is 9. The summed E-state index contributed by atoms with van der Waals surface area (Å²) in [5.74, 6) is -1.56. The van der Waals surface area contributed by atoms with Crippen molar-refractivity contribution < 1.29 is 27.7 Å². The quantitative estimate of drug-likeness (QED) is 0.285. The number of esters is 1. The number of ether oxygens (including phenoxy) is 1. The first-order valence-corrected chi connectivity index (χ1v) is 10.2. The van der Waals surface area contributed by atoms with Crippen LogP contribution in [0.15, 0.2) is 53.4 Å². The predicted octanol–water partition coefficient (Wildman–Crippen LogP) is 2.39. The van der Waals surface area contributed by atoms with Crippen LogP contribution in [0.1, 0.15) is 29.3 Å². The lowest BCUT2D eigenvalue weighted by Gasteiger charge is -2.17. The van der Waals surface area contributed by atoms with Gasteiger partial charge in [-0.15, -0.1) is 0 Å². The van der Waals surface area contributed by atoms with Gasteiger partial charge < -0.3 is 4.74 Å². The van der Waals surface area contributed by atoms with E-state index < -0.39 is 39.2 Å². The summed E-state index contributed by atoms with van der Waals surface area (Å²) < 4.78 is 32.3. The predicted molar refractivity (Wildman–Crippen MR) is 104 cm³/mol. The van der Waals surface area contributed by atoms with Crippen LogP contribution < -0.4 is 4.72 Å². The molecule has 1 atom stereocenters. The molecule has 0 saturated carbocycles. The SMILES string of the molecule is CCOC(=O)[C@H](CC(=O)c1cccc([N+](=O)[O-])c1)NS(=O)(=O)c1ccc(C)cc1. The molecule has 0 aliphatic carbocycles. The summed E-state index contributed by atoms with van der Waals surface area (Å²) in [5, 5.41) is 10.9. The number of carbonyl (C=O) groups is 2. The van der Waals surface area contributed by atoms with Gasteiger partial charge in [0, 0.05) is 24.1 Å². The molecular formula is C19H20N2O7S. The molecule has 9 nitrogen and oxygen atoms in total. The molecule has 0 aromatic heterocycles. The van der Waals surface area contributed by atoms with Gasteiger partial charge in [0.25, 0.3) is 5.69 Å². The first kappa shape index (κ1) is 22.2. The van der Waals surface area contributed by atoms with E-state index in [0.29, 0.717) is 0 Å². The summed E-state index contributed by atoms with van der Waals surface area (Å²) in [7, 11) is -4.10. The zero-order valence-electron chi connectivity index (χ0n) is 15.8. The maximum absolute atomic E-state index is 12.6. The van der Waals surface area contributed by atoms with E-state index in [9.17, 15) is 28.1 Å². The molecule has 0 saturated heterocycles. The lowest BCUT2D eigenvalue weighted by atomic mass is 10.0.